The number of phenols is 2. The lowest BCUT2D eigenvalue weighted by Crippen LogP contribution is -2.49. The molecule has 4 N–H and O–H groups in total. The van der Waals surface area contributed by atoms with Gasteiger partial charge in [-0.2, -0.15) is 0 Å². The van der Waals surface area contributed by atoms with Gasteiger partial charge in [-0.25, -0.2) is 0 Å². The first-order valence-electron chi connectivity index (χ1n) is 18.8. The summed E-state index contributed by atoms with van der Waals surface area (Å²) in [6, 6.07) is 12.1. The Morgan fingerprint density at radius 3 is 1.96 bits per heavy atom. The van der Waals surface area contributed by atoms with E-state index in [4.69, 9.17) is 0 Å². The van der Waals surface area contributed by atoms with Crippen molar-refractivity contribution < 1.29 is 20.4 Å². The molecule has 0 aromatic heterocycles. The van der Waals surface area contributed by atoms with Gasteiger partial charge in [-0.05, 0) is 181 Å². The fourth-order valence-corrected chi connectivity index (χ4v) is 12.7. The normalized spacial score (nSPS) is 42.2. The maximum Gasteiger partial charge on any atom is 0.115 e. The van der Waals surface area contributed by atoms with Crippen LogP contribution in [-0.2, 0) is 12.8 Å². The molecule has 0 aliphatic heterocycles. The predicted molar refractivity (Wildman–Crippen MR) is 185 cm³/mol. The van der Waals surface area contributed by atoms with Gasteiger partial charge in [0, 0.05) is 0 Å². The van der Waals surface area contributed by atoms with Crippen LogP contribution >= 0.6 is 0 Å². The van der Waals surface area contributed by atoms with Crippen LogP contribution in [0.2, 0.25) is 0 Å². The number of aliphatic hydroxyl groups excluding tert-OH is 2. The van der Waals surface area contributed by atoms with Crippen LogP contribution in [0, 0.1) is 58.2 Å². The van der Waals surface area contributed by atoms with E-state index in [1.807, 2.05) is 24.3 Å². The van der Waals surface area contributed by atoms with Gasteiger partial charge in [-0.3, -0.25) is 0 Å². The minimum atomic E-state index is -0.115. The second-order valence-corrected chi connectivity index (χ2v) is 17.9. The molecule has 46 heavy (non-hydrogen) atoms. The van der Waals surface area contributed by atoms with E-state index in [0.717, 1.165) is 38.5 Å². The number of benzene rings is 2. The summed E-state index contributed by atoms with van der Waals surface area (Å²) in [5.41, 5.74) is 5.94. The van der Waals surface area contributed by atoms with Gasteiger partial charge in [0.25, 0.3) is 0 Å². The second kappa shape index (κ2) is 11.8. The van der Waals surface area contributed by atoms with Gasteiger partial charge in [0.15, 0.2) is 0 Å². The highest BCUT2D eigenvalue weighted by Crippen LogP contribution is 2.65. The monoisotopic (exact) mass is 628 g/mol. The number of rotatable bonds is 2. The van der Waals surface area contributed by atoms with Crippen LogP contribution in [-0.4, -0.2) is 32.6 Å². The van der Waals surface area contributed by atoms with Crippen LogP contribution in [0.5, 0.6) is 11.5 Å². The van der Waals surface area contributed by atoms with Crippen LogP contribution in [0.4, 0.5) is 0 Å². The van der Waals surface area contributed by atoms with Gasteiger partial charge in [-0.1, -0.05) is 53.7 Å². The number of hydrogen-bond acceptors (Lipinski definition) is 4. The summed E-state index contributed by atoms with van der Waals surface area (Å²) in [4.78, 5) is 0. The summed E-state index contributed by atoms with van der Waals surface area (Å²) in [5, 5.41) is 41.0. The van der Waals surface area contributed by atoms with E-state index in [1.54, 1.807) is 0 Å². The quantitative estimate of drug-likeness (QED) is 0.268. The number of hydrogen-bond donors (Lipinski definition) is 4. The van der Waals surface area contributed by atoms with Crippen molar-refractivity contribution in [3.05, 3.63) is 58.7 Å². The minimum absolute atomic E-state index is 0.109. The molecule has 12 atom stereocenters. The molecule has 4 saturated carbocycles. The van der Waals surface area contributed by atoms with Crippen molar-refractivity contribution in [1.29, 1.82) is 0 Å². The van der Waals surface area contributed by atoms with Crippen LogP contribution in [0.15, 0.2) is 36.4 Å². The highest BCUT2D eigenvalue weighted by Gasteiger charge is 2.59. The van der Waals surface area contributed by atoms with E-state index in [-0.39, 0.29) is 23.0 Å². The summed E-state index contributed by atoms with van der Waals surface area (Å²) < 4.78 is 0. The first-order valence-corrected chi connectivity index (χ1v) is 18.8. The molecular formula is C42H60O4. The molecule has 0 saturated heterocycles. The average Bonchev–Trinajstić information content (AvgIpc) is 3.49. The Morgan fingerprint density at radius 1 is 0.674 bits per heavy atom. The molecule has 12 unspecified atom stereocenters. The molecule has 6 aliphatic carbocycles. The standard InChI is InChI=1S/2C21H30O2/c1-12(2)17-11-21(3)18(8-9-19(21)23)16-6-4-13-10-14(22)5-7-15(13)20(16)17;1-12(2)17-11-13-10-14(22)4-5-15(13)16-8-9-21(3)18(20(16)17)6-7-19(21)23/h5,7,10,12,16-20,22-23H,4,6,8-9,11H2,1-3H3;4-5,10,12,16-20,22-23H,6-9,11H2,1-3H3. The lowest BCUT2D eigenvalue weighted by Gasteiger charge is -2.55. The number of aliphatic hydroxyl groups is 2. The summed E-state index contributed by atoms with van der Waals surface area (Å²) in [6.07, 6.45) is 11.0. The Bertz CT molecular complexity index is 1430. The molecule has 6 aliphatic rings. The summed E-state index contributed by atoms with van der Waals surface area (Å²) in [7, 11) is 0. The molecule has 0 bridgehead atoms. The third kappa shape index (κ3) is 5.06. The number of phenolic OH excluding ortho intramolecular Hbond substituents is 2. The zero-order valence-electron chi connectivity index (χ0n) is 29.3. The van der Waals surface area contributed by atoms with Gasteiger partial charge in [0.2, 0.25) is 0 Å². The molecule has 2 aromatic carbocycles. The lowest BCUT2D eigenvalue weighted by atomic mass is 9.50. The first-order chi connectivity index (χ1) is 21.8. The lowest BCUT2D eigenvalue weighted by molar-refractivity contribution is -0.0578. The Kier molecular flexibility index (Phi) is 8.36. The molecule has 2 aromatic rings. The van der Waals surface area contributed by atoms with Crippen molar-refractivity contribution in [1.82, 2.24) is 0 Å². The fraction of sp³-hybridized carbons (Fsp3) is 0.714. The second-order valence-electron chi connectivity index (χ2n) is 17.9. The van der Waals surface area contributed by atoms with E-state index in [9.17, 15) is 20.4 Å². The van der Waals surface area contributed by atoms with Gasteiger partial charge in [0.1, 0.15) is 11.5 Å². The molecule has 0 heterocycles. The van der Waals surface area contributed by atoms with Crippen molar-refractivity contribution in [2.24, 2.45) is 58.2 Å². The van der Waals surface area contributed by atoms with Crippen LogP contribution < -0.4 is 0 Å². The van der Waals surface area contributed by atoms with Crippen molar-refractivity contribution in [2.75, 3.05) is 0 Å². The smallest absolute Gasteiger partial charge is 0.115 e. The zero-order chi connectivity index (χ0) is 32.7. The third-order valence-electron chi connectivity index (χ3n) is 15.2. The Morgan fingerprint density at radius 2 is 1.28 bits per heavy atom. The SMILES string of the molecule is CC(C)C1CC2(C)C(O)CCC2C2CCc3cc(O)ccc3C12.CC(C)C1Cc2cc(O)ccc2C2CCC3(C)C(O)CCC3C21. The summed E-state index contributed by atoms with van der Waals surface area (Å²) in [6.45, 7) is 14.1. The summed E-state index contributed by atoms with van der Waals surface area (Å²) >= 11 is 0. The topological polar surface area (TPSA) is 80.9 Å². The number of aromatic hydroxyl groups is 2. The van der Waals surface area contributed by atoms with E-state index < -0.39 is 0 Å². The van der Waals surface area contributed by atoms with Gasteiger partial charge >= 0.3 is 0 Å². The third-order valence-corrected chi connectivity index (χ3v) is 15.2. The molecular weight excluding hydrogens is 568 g/mol. The number of aryl methyl sites for hydroxylation is 1. The van der Waals surface area contributed by atoms with Gasteiger partial charge in [0.05, 0.1) is 12.2 Å². The molecule has 8 rings (SSSR count). The molecule has 252 valence electrons. The highest BCUT2D eigenvalue weighted by molar-refractivity contribution is 5.42. The Balaban J connectivity index is 0.000000147. The van der Waals surface area contributed by atoms with Gasteiger partial charge in [-0.15, -0.1) is 0 Å². The fourth-order valence-electron chi connectivity index (χ4n) is 12.7. The summed E-state index contributed by atoms with van der Waals surface area (Å²) in [5.74, 6) is 7.36. The van der Waals surface area contributed by atoms with Crippen molar-refractivity contribution in [3.63, 3.8) is 0 Å². The molecule has 4 heteroatoms. The van der Waals surface area contributed by atoms with Gasteiger partial charge < -0.3 is 20.4 Å². The predicted octanol–water partition coefficient (Wildman–Crippen LogP) is 8.98. The van der Waals surface area contributed by atoms with Crippen LogP contribution in [0.25, 0.3) is 0 Å². The highest BCUT2D eigenvalue weighted by atomic mass is 16.3. The molecule has 4 nitrogen and oxygen atoms in total. The van der Waals surface area contributed by atoms with Crippen molar-refractivity contribution in [2.45, 2.75) is 130 Å². The van der Waals surface area contributed by atoms with E-state index >= 15 is 0 Å². The van der Waals surface area contributed by atoms with E-state index in [1.165, 1.54) is 47.9 Å². The molecule has 0 spiro atoms. The molecule has 0 radical (unpaired) electrons. The largest absolute Gasteiger partial charge is 0.508 e. The van der Waals surface area contributed by atoms with Crippen molar-refractivity contribution >= 4 is 0 Å². The van der Waals surface area contributed by atoms with Crippen LogP contribution in [0.3, 0.4) is 0 Å². The first kappa shape index (κ1) is 32.5. The Hall–Kier alpha value is -2.04. The van der Waals surface area contributed by atoms with Crippen LogP contribution in [0.1, 0.15) is 127 Å². The minimum Gasteiger partial charge on any atom is -0.508 e. The maximum absolute atomic E-state index is 10.7. The van der Waals surface area contributed by atoms with E-state index in [2.05, 4.69) is 53.7 Å². The Labute approximate surface area is 278 Å². The molecule has 0 amide bonds. The van der Waals surface area contributed by atoms with E-state index in [0.29, 0.717) is 70.7 Å². The van der Waals surface area contributed by atoms with Crippen molar-refractivity contribution in [3.8, 4) is 11.5 Å². The maximum atomic E-state index is 10.7. The molecule has 4 fully saturated rings. The number of fused-ring (bicyclic) bond motifs is 10. The zero-order valence-corrected chi connectivity index (χ0v) is 29.3. The average molecular weight is 629 g/mol.